The van der Waals surface area contributed by atoms with Crippen molar-refractivity contribution in [2.75, 3.05) is 0 Å². The second-order valence-corrected chi connectivity index (χ2v) is 6.42. The molecule has 0 atom stereocenters. The van der Waals surface area contributed by atoms with E-state index in [4.69, 9.17) is 20.1 Å². The third-order valence-electron chi connectivity index (χ3n) is 4.34. The van der Waals surface area contributed by atoms with Crippen LogP contribution in [-0.2, 0) is 0 Å². The molecule has 0 fully saturated rings. The predicted octanol–water partition coefficient (Wildman–Crippen LogP) is 0.857. The van der Waals surface area contributed by atoms with Gasteiger partial charge in [0.1, 0.15) is 0 Å². The van der Waals surface area contributed by atoms with E-state index in [0.29, 0.717) is 10.9 Å². The molecule has 0 bridgehead atoms. The van der Waals surface area contributed by atoms with Crippen LogP contribution in [0.5, 0.6) is 0 Å². The molecule has 4 rings (SSSR count). The summed E-state index contributed by atoms with van der Waals surface area (Å²) in [5, 5.41) is 35.7. The third kappa shape index (κ3) is 5.85. The molecule has 0 radical (unpaired) electrons. The average Bonchev–Trinajstić information content (AvgIpc) is 2.81. The first-order valence-corrected chi connectivity index (χ1v) is 9.29. The number of hydrogen-bond acceptors (Lipinski definition) is 6. The molecule has 2 aromatic carbocycles. The van der Waals surface area contributed by atoms with Gasteiger partial charge in [0.2, 0.25) is 0 Å². The van der Waals surface area contributed by atoms with Crippen LogP contribution in [0.1, 0.15) is 0 Å². The minimum atomic E-state index is -1.41. The first-order chi connectivity index (χ1) is 14.5. The van der Waals surface area contributed by atoms with Gasteiger partial charge < -0.3 is 20.1 Å². The highest BCUT2D eigenvalue weighted by atomic mass is 16.4. The summed E-state index contributed by atoms with van der Waals surface area (Å²) in [6, 6.07) is 25.3. The first-order valence-electron chi connectivity index (χ1n) is 9.29. The van der Waals surface area contributed by atoms with Crippen molar-refractivity contribution in [3.63, 3.8) is 0 Å². The van der Waals surface area contributed by atoms with E-state index < -0.39 is 14.2 Å². The molecule has 2 heterocycles. The molecule has 4 aromatic rings. The summed E-state index contributed by atoms with van der Waals surface area (Å²) in [5.41, 5.74) is 4.62. The minimum Gasteiger partial charge on any atom is -0.423 e. The number of benzene rings is 2. The van der Waals surface area contributed by atoms with E-state index >= 15 is 0 Å². The molecule has 2 aromatic heterocycles. The maximum Gasteiger partial charge on any atom is 0.488 e. The van der Waals surface area contributed by atoms with Crippen LogP contribution in [0, 0.1) is 0 Å². The SMILES string of the molecule is OB(O)c1ccc(-c2ccccn2)cc1.OB(O)c1ccc(-c2ccccn2)cc1. The van der Waals surface area contributed by atoms with Crippen molar-refractivity contribution in [3.8, 4) is 22.5 Å². The van der Waals surface area contributed by atoms with Crippen molar-refractivity contribution in [2.24, 2.45) is 0 Å². The molecular formula is C22H20B2N2O4. The standard InChI is InChI=1S/2C11H10BNO2/c2*14-12(15)10-6-4-9(5-7-10)11-3-1-2-8-13-11/h2*1-8,14-15H. The predicted molar refractivity (Wildman–Crippen MR) is 119 cm³/mol. The topological polar surface area (TPSA) is 107 Å². The van der Waals surface area contributed by atoms with Crippen LogP contribution < -0.4 is 10.9 Å². The number of nitrogens with zero attached hydrogens (tertiary/aromatic N) is 2. The van der Waals surface area contributed by atoms with Crippen molar-refractivity contribution in [1.82, 2.24) is 9.97 Å². The summed E-state index contributed by atoms with van der Waals surface area (Å²) in [7, 11) is -2.83. The first kappa shape index (κ1) is 21.4. The van der Waals surface area contributed by atoms with Crippen LogP contribution in [0.4, 0.5) is 0 Å². The number of hydrogen-bond donors (Lipinski definition) is 4. The zero-order chi connectivity index (χ0) is 21.3. The Morgan fingerprint density at radius 3 is 1.10 bits per heavy atom. The van der Waals surface area contributed by atoms with Gasteiger partial charge >= 0.3 is 14.2 Å². The van der Waals surface area contributed by atoms with E-state index in [9.17, 15) is 0 Å². The van der Waals surface area contributed by atoms with E-state index in [1.165, 1.54) is 0 Å². The van der Waals surface area contributed by atoms with Crippen molar-refractivity contribution >= 4 is 25.2 Å². The van der Waals surface area contributed by atoms with Gasteiger partial charge in [-0.25, -0.2) is 0 Å². The zero-order valence-electron chi connectivity index (χ0n) is 16.1. The van der Waals surface area contributed by atoms with E-state index in [1.54, 1.807) is 36.7 Å². The third-order valence-corrected chi connectivity index (χ3v) is 4.34. The van der Waals surface area contributed by atoms with Gasteiger partial charge in [-0.2, -0.15) is 0 Å². The highest BCUT2D eigenvalue weighted by molar-refractivity contribution is 6.58. The number of rotatable bonds is 4. The summed E-state index contributed by atoms with van der Waals surface area (Å²) in [6.45, 7) is 0. The van der Waals surface area contributed by atoms with Gasteiger partial charge in [-0.1, -0.05) is 60.7 Å². The van der Waals surface area contributed by atoms with E-state index in [2.05, 4.69) is 9.97 Å². The van der Waals surface area contributed by atoms with Crippen molar-refractivity contribution in [2.45, 2.75) is 0 Å². The molecule has 0 saturated carbocycles. The van der Waals surface area contributed by atoms with Gasteiger partial charge in [-0.05, 0) is 35.2 Å². The van der Waals surface area contributed by atoms with Crippen LogP contribution >= 0.6 is 0 Å². The molecule has 0 unspecified atom stereocenters. The lowest BCUT2D eigenvalue weighted by Gasteiger charge is -2.02. The maximum absolute atomic E-state index is 8.93. The fourth-order valence-electron chi connectivity index (χ4n) is 2.72. The molecule has 4 N–H and O–H groups in total. The van der Waals surface area contributed by atoms with Gasteiger partial charge in [0.25, 0.3) is 0 Å². The summed E-state index contributed by atoms with van der Waals surface area (Å²) >= 11 is 0. The Bertz CT molecular complexity index is 943. The molecule has 0 saturated heterocycles. The monoisotopic (exact) mass is 398 g/mol. The molecule has 148 valence electrons. The lowest BCUT2D eigenvalue weighted by molar-refractivity contribution is 0.424. The van der Waals surface area contributed by atoms with E-state index in [-0.39, 0.29) is 0 Å². The van der Waals surface area contributed by atoms with Gasteiger partial charge in [0.15, 0.2) is 0 Å². The zero-order valence-corrected chi connectivity index (χ0v) is 16.1. The fourth-order valence-corrected chi connectivity index (χ4v) is 2.72. The van der Waals surface area contributed by atoms with Crippen molar-refractivity contribution in [1.29, 1.82) is 0 Å². The van der Waals surface area contributed by atoms with Gasteiger partial charge in [0.05, 0.1) is 11.4 Å². The molecule has 6 nitrogen and oxygen atoms in total. The summed E-state index contributed by atoms with van der Waals surface area (Å²) in [4.78, 5) is 8.40. The molecular weight excluding hydrogens is 378 g/mol. The van der Waals surface area contributed by atoms with Gasteiger partial charge in [-0.3, -0.25) is 9.97 Å². The smallest absolute Gasteiger partial charge is 0.423 e. The van der Waals surface area contributed by atoms with Crippen LogP contribution in [0.3, 0.4) is 0 Å². The Balaban J connectivity index is 0.000000171. The molecule has 0 aliphatic heterocycles. The highest BCUT2D eigenvalue weighted by Gasteiger charge is 2.10. The second-order valence-electron chi connectivity index (χ2n) is 6.42. The van der Waals surface area contributed by atoms with Crippen LogP contribution in [-0.4, -0.2) is 44.3 Å². The van der Waals surface area contributed by atoms with E-state index in [0.717, 1.165) is 22.5 Å². The van der Waals surface area contributed by atoms with Crippen LogP contribution in [0.2, 0.25) is 0 Å². The maximum atomic E-state index is 8.93. The molecule has 0 spiro atoms. The minimum absolute atomic E-state index is 0.481. The Hall–Kier alpha value is -3.29. The molecule has 0 aliphatic carbocycles. The lowest BCUT2D eigenvalue weighted by Crippen LogP contribution is -2.29. The summed E-state index contributed by atoms with van der Waals surface area (Å²) in [6.07, 6.45) is 3.45. The molecule has 0 aliphatic rings. The lowest BCUT2D eigenvalue weighted by atomic mass is 9.80. The quantitative estimate of drug-likeness (QED) is 0.380. The Morgan fingerprint density at radius 2 is 0.833 bits per heavy atom. The highest BCUT2D eigenvalue weighted by Crippen LogP contribution is 2.15. The van der Waals surface area contributed by atoms with Gasteiger partial charge in [0, 0.05) is 23.5 Å². The van der Waals surface area contributed by atoms with Crippen LogP contribution in [0.15, 0.2) is 97.3 Å². The number of aromatic nitrogens is 2. The summed E-state index contributed by atoms with van der Waals surface area (Å²) < 4.78 is 0. The van der Waals surface area contributed by atoms with Crippen LogP contribution in [0.25, 0.3) is 22.5 Å². The number of pyridine rings is 2. The second kappa shape index (κ2) is 10.5. The van der Waals surface area contributed by atoms with Crippen molar-refractivity contribution in [3.05, 3.63) is 97.3 Å². The Labute approximate surface area is 175 Å². The fraction of sp³-hybridized carbons (Fsp3) is 0. The average molecular weight is 398 g/mol. The van der Waals surface area contributed by atoms with Crippen molar-refractivity contribution < 1.29 is 20.1 Å². The largest absolute Gasteiger partial charge is 0.488 e. The van der Waals surface area contributed by atoms with Gasteiger partial charge in [-0.15, -0.1) is 0 Å². The molecule has 0 amide bonds. The normalized spacial score (nSPS) is 10.0. The summed E-state index contributed by atoms with van der Waals surface area (Å²) in [5.74, 6) is 0. The molecule has 30 heavy (non-hydrogen) atoms. The molecule has 8 heteroatoms. The Morgan fingerprint density at radius 1 is 0.467 bits per heavy atom. The Kier molecular flexibility index (Phi) is 7.48. The van der Waals surface area contributed by atoms with E-state index in [1.807, 2.05) is 60.7 Å².